The Kier molecular flexibility index (Phi) is 4.45. The summed E-state index contributed by atoms with van der Waals surface area (Å²) >= 11 is 0. The molecule has 123 valence electrons. The Bertz CT molecular complexity index is 871. The van der Waals surface area contributed by atoms with Gasteiger partial charge in [0.05, 0.1) is 17.8 Å². The Labute approximate surface area is 142 Å². The van der Waals surface area contributed by atoms with Crippen molar-refractivity contribution in [3.8, 4) is 0 Å². The van der Waals surface area contributed by atoms with Crippen LogP contribution in [0.2, 0.25) is 0 Å². The van der Waals surface area contributed by atoms with Gasteiger partial charge in [-0.3, -0.25) is 14.6 Å². The topological polar surface area (TPSA) is 43.6 Å². The second-order valence-corrected chi connectivity index (χ2v) is 6.51. The SMILES string of the molecule is Cc1nc(Cn2cc3c([Si])nccc3n2)ccc1CCC(C)(F)F. The highest BCUT2D eigenvalue weighted by Crippen LogP contribution is 2.21. The molecule has 3 heterocycles. The minimum Gasteiger partial charge on any atom is -0.266 e. The molecule has 3 aromatic rings. The van der Waals surface area contributed by atoms with Gasteiger partial charge in [0.1, 0.15) is 10.2 Å². The second kappa shape index (κ2) is 6.39. The van der Waals surface area contributed by atoms with Crippen molar-refractivity contribution in [1.29, 1.82) is 0 Å². The van der Waals surface area contributed by atoms with Gasteiger partial charge < -0.3 is 0 Å². The Morgan fingerprint density at radius 2 is 2.04 bits per heavy atom. The number of aryl methyl sites for hydroxylation is 2. The van der Waals surface area contributed by atoms with E-state index in [1.165, 1.54) is 0 Å². The van der Waals surface area contributed by atoms with Crippen LogP contribution in [0.5, 0.6) is 0 Å². The monoisotopic (exact) mass is 343 g/mol. The molecule has 0 saturated heterocycles. The fourth-order valence-corrected chi connectivity index (χ4v) is 2.86. The van der Waals surface area contributed by atoms with E-state index in [2.05, 4.69) is 25.3 Å². The van der Waals surface area contributed by atoms with Crippen LogP contribution in [0.3, 0.4) is 0 Å². The molecule has 0 spiro atoms. The van der Waals surface area contributed by atoms with Crippen LogP contribution in [0.4, 0.5) is 8.78 Å². The number of pyridine rings is 2. The summed E-state index contributed by atoms with van der Waals surface area (Å²) in [6.45, 7) is 3.32. The maximum absolute atomic E-state index is 13.0. The molecule has 0 fully saturated rings. The number of hydrogen-bond acceptors (Lipinski definition) is 3. The number of halogens is 2. The van der Waals surface area contributed by atoms with Gasteiger partial charge in [0, 0.05) is 35.2 Å². The summed E-state index contributed by atoms with van der Waals surface area (Å²) in [5, 5.41) is 6.18. The van der Waals surface area contributed by atoms with Crippen molar-refractivity contribution in [3.63, 3.8) is 0 Å². The van der Waals surface area contributed by atoms with Gasteiger partial charge >= 0.3 is 0 Å². The zero-order chi connectivity index (χ0) is 17.3. The molecule has 0 amide bonds. The van der Waals surface area contributed by atoms with E-state index in [4.69, 9.17) is 0 Å². The molecule has 7 heteroatoms. The largest absolute Gasteiger partial charge is 0.266 e. The molecule has 0 N–H and O–H groups in total. The van der Waals surface area contributed by atoms with Crippen molar-refractivity contribution in [2.75, 3.05) is 0 Å². The van der Waals surface area contributed by atoms with Gasteiger partial charge in [0.2, 0.25) is 5.92 Å². The Balaban J connectivity index is 1.77. The van der Waals surface area contributed by atoms with Gasteiger partial charge in [-0.2, -0.15) is 5.10 Å². The van der Waals surface area contributed by atoms with Crippen LogP contribution in [-0.4, -0.2) is 35.9 Å². The number of alkyl halides is 2. The molecule has 3 rings (SSSR count). The van der Waals surface area contributed by atoms with Gasteiger partial charge in [-0.25, -0.2) is 8.78 Å². The molecule has 0 bridgehead atoms. The lowest BCUT2D eigenvalue weighted by Crippen LogP contribution is -2.12. The van der Waals surface area contributed by atoms with E-state index in [-0.39, 0.29) is 6.42 Å². The van der Waals surface area contributed by atoms with Crippen molar-refractivity contribution in [2.45, 2.75) is 39.2 Å². The summed E-state index contributed by atoms with van der Waals surface area (Å²) in [6.07, 6.45) is 3.77. The molecule has 4 nitrogen and oxygen atoms in total. The van der Waals surface area contributed by atoms with Crippen LogP contribution >= 0.6 is 0 Å². The van der Waals surface area contributed by atoms with Crippen molar-refractivity contribution in [2.24, 2.45) is 0 Å². The molecule has 24 heavy (non-hydrogen) atoms. The molecule has 3 aromatic heterocycles. The number of rotatable bonds is 5. The standard InChI is InChI=1S/C17H17F2N4Si/c1-11-12(5-7-17(2,18)19)3-4-13(21-11)9-23-10-14-15(22-23)6-8-20-16(14)24/h3-4,6,8,10H,5,7,9H2,1-2H3. The lowest BCUT2D eigenvalue weighted by molar-refractivity contribution is 0.0132. The third-order valence-corrected chi connectivity index (χ3v) is 4.29. The molecule has 0 aromatic carbocycles. The molecule has 0 aliphatic heterocycles. The van der Waals surface area contributed by atoms with Gasteiger partial charge in [-0.1, -0.05) is 6.07 Å². The highest BCUT2D eigenvalue weighted by molar-refractivity contribution is 6.36. The number of fused-ring (bicyclic) bond motifs is 1. The predicted molar refractivity (Wildman–Crippen MR) is 89.9 cm³/mol. The van der Waals surface area contributed by atoms with Gasteiger partial charge in [-0.15, -0.1) is 0 Å². The molecule has 0 saturated carbocycles. The van der Waals surface area contributed by atoms with Crippen molar-refractivity contribution in [1.82, 2.24) is 19.7 Å². The molecular formula is C17H17F2N4Si. The van der Waals surface area contributed by atoms with E-state index in [0.29, 0.717) is 13.0 Å². The summed E-state index contributed by atoms with van der Waals surface area (Å²) in [5.74, 6) is -2.65. The predicted octanol–water partition coefficient (Wildman–Crippen LogP) is 2.56. The van der Waals surface area contributed by atoms with Gasteiger partial charge in [0.25, 0.3) is 0 Å². The fourth-order valence-electron chi connectivity index (χ4n) is 2.59. The molecule has 0 atom stereocenters. The van der Waals surface area contributed by atoms with Crippen molar-refractivity contribution in [3.05, 3.63) is 47.5 Å². The second-order valence-electron chi connectivity index (χ2n) is 6.04. The average Bonchev–Trinajstić information content (AvgIpc) is 2.89. The van der Waals surface area contributed by atoms with Crippen LogP contribution in [0.25, 0.3) is 10.9 Å². The summed E-state index contributed by atoms with van der Waals surface area (Å²) in [5.41, 5.74) is 3.35. The Hall–Kier alpha value is -2.15. The Morgan fingerprint density at radius 1 is 1.25 bits per heavy atom. The summed E-state index contributed by atoms with van der Waals surface area (Å²) in [6, 6.07) is 5.60. The lowest BCUT2D eigenvalue weighted by atomic mass is 10.1. The number of nitrogens with zero attached hydrogens (tertiary/aromatic N) is 4. The number of aromatic nitrogens is 4. The van der Waals surface area contributed by atoms with Gasteiger partial charge in [0.15, 0.2) is 0 Å². The highest BCUT2D eigenvalue weighted by Gasteiger charge is 2.21. The summed E-state index contributed by atoms with van der Waals surface area (Å²) in [7, 11) is 3.46. The first-order valence-corrected chi connectivity index (χ1v) is 8.19. The normalized spacial score (nSPS) is 12.0. The maximum Gasteiger partial charge on any atom is 0.245 e. The average molecular weight is 343 g/mol. The number of hydrogen-bond donors (Lipinski definition) is 0. The zero-order valence-electron chi connectivity index (χ0n) is 13.6. The van der Waals surface area contributed by atoms with E-state index < -0.39 is 5.92 Å². The van der Waals surface area contributed by atoms with Crippen LogP contribution in [0, 0.1) is 6.92 Å². The minimum atomic E-state index is -2.65. The molecule has 0 aliphatic rings. The van der Waals surface area contributed by atoms with Crippen LogP contribution in [0.1, 0.15) is 30.3 Å². The lowest BCUT2D eigenvalue weighted by Gasteiger charge is -2.12. The van der Waals surface area contributed by atoms with E-state index in [1.807, 2.05) is 31.3 Å². The smallest absolute Gasteiger partial charge is 0.245 e. The van der Waals surface area contributed by atoms with Gasteiger partial charge in [-0.05, 0) is 38.0 Å². The van der Waals surface area contributed by atoms with Crippen molar-refractivity contribution >= 4 is 26.5 Å². The van der Waals surface area contributed by atoms with E-state index >= 15 is 0 Å². The highest BCUT2D eigenvalue weighted by atomic mass is 28.1. The summed E-state index contributed by atoms with van der Waals surface area (Å²) in [4.78, 5) is 8.71. The van der Waals surface area contributed by atoms with Crippen LogP contribution in [-0.2, 0) is 13.0 Å². The first-order chi connectivity index (χ1) is 11.3. The first kappa shape index (κ1) is 16.7. The third-order valence-electron chi connectivity index (χ3n) is 3.89. The Morgan fingerprint density at radius 3 is 2.71 bits per heavy atom. The quantitative estimate of drug-likeness (QED) is 0.669. The molecule has 0 aliphatic carbocycles. The maximum atomic E-state index is 13.0. The molecule has 0 unspecified atom stereocenters. The first-order valence-electron chi connectivity index (χ1n) is 7.69. The van der Waals surface area contributed by atoms with E-state index in [0.717, 1.165) is 40.1 Å². The molecular weight excluding hydrogens is 326 g/mol. The zero-order valence-corrected chi connectivity index (χ0v) is 14.6. The third kappa shape index (κ3) is 3.84. The van der Waals surface area contributed by atoms with E-state index in [9.17, 15) is 8.78 Å². The van der Waals surface area contributed by atoms with Crippen LogP contribution in [0.15, 0.2) is 30.6 Å². The summed E-state index contributed by atoms with van der Waals surface area (Å²) < 4.78 is 27.8. The van der Waals surface area contributed by atoms with Crippen LogP contribution < -0.4 is 5.32 Å². The molecule has 3 radical (unpaired) electrons. The fraction of sp³-hybridized carbons (Fsp3) is 0.353. The van der Waals surface area contributed by atoms with E-state index in [1.54, 1.807) is 10.9 Å². The minimum absolute atomic E-state index is 0.166. The van der Waals surface area contributed by atoms with Crippen molar-refractivity contribution < 1.29 is 8.78 Å².